The summed E-state index contributed by atoms with van der Waals surface area (Å²) in [6.45, 7) is 4.71. The third-order valence-electron chi connectivity index (χ3n) is 3.33. The van der Waals surface area contributed by atoms with E-state index < -0.39 is 0 Å². The van der Waals surface area contributed by atoms with Gasteiger partial charge in [-0.2, -0.15) is 0 Å². The number of aromatic nitrogens is 2. The topological polar surface area (TPSA) is 50.1 Å². The van der Waals surface area contributed by atoms with Crippen molar-refractivity contribution in [1.29, 1.82) is 0 Å². The van der Waals surface area contributed by atoms with Crippen LogP contribution in [0, 0.1) is 0 Å². The van der Waals surface area contributed by atoms with Crippen LogP contribution in [-0.4, -0.2) is 27.3 Å². The summed E-state index contributed by atoms with van der Waals surface area (Å²) in [5.41, 5.74) is 2.31. The van der Waals surface area contributed by atoms with Crippen LogP contribution >= 0.6 is 0 Å². The van der Waals surface area contributed by atoms with Crippen molar-refractivity contribution in [3.05, 3.63) is 48.5 Å². The number of nitrogens with one attached hydrogen (secondary N) is 1. The van der Waals surface area contributed by atoms with Gasteiger partial charge in [0.2, 0.25) is 0 Å². The predicted molar refractivity (Wildman–Crippen MR) is 76.3 cm³/mol. The molecule has 0 fully saturated rings. The maximum absolute atomic E-state index is 9.55. The van der Waals surface area contributed by atoms with Crippen LogP contribution in [0.2, 0.25) is 0 Å². The van der Waals surface area contributed by atoms with Crippen molar-refractivity contribution in [3.8, 4) is 5.69 Å². The molecule has 0 saturated carbocycles. The Bertz CT molecular complexity index is 479. The highest BCUT2D eigenvalue weighted by molar-refractivity contribution is 5.35. The normalized spacial score (nSPS) is 14.3. The van der Waals surface area contributed by atoms with Crippen LogP contribution in [0.25, 0.3) is 5.69 Å². The molecule has 0 aliphatic carbocycles. The number of rotatable bonds is 6. The van der Waals surface area contributed by atoms with Crippen molar-refractivity contribution >= 4 is 0 Å². The molecule has 1 aromatic carbocycles. The van der Waals surface area contributed by atoms with Gasteiger partial charge in [-0.1, -0.05) is 19.1 Å². The van der Waals surface area contributed by atoms with Crippen LogP contribution in [0.1, 0.15) is 31.9 Å². The van der Waals surface area contributed by atoms with Crippen LogP contribution in [0.5, 0.6) is 0 Å². The number of hydrogen-bond acceptors (Lipinski definition) is 3. The van der Waals surface area contributed by atoms with Crippen LogP contribution in [0.15, 0.2) is 43.0 Å². The van der Waals surface area contributed by atoms with Crippen LogP contribution in [0.3, 0.4) is 0 Å². The number of imidazole rings is 1. The highest BCUT2D eigenvalue weighted by Gasteiger charge is 2.07. The Hall–Kier alpha value is -1.65. The molecule has 0 radical (unpaired) electrons. The summed E-state index contributed by atoms with van der Waals surface area (Å²) in [4.78, 5) is 4.04. The highest BCUT2D eigenvalue weighted by Crippen LogP contribution is 2.15. The van der Waals surface area contributed by atoms with Gasteiger partial charge < -0.3 is 15.0 Å². The molecule has 0 spiro atoms. The molecule has 0 bridgehead atoms. The van der Waals surface area contributed by atoms with E-state index >= 15 is 0 Å². The van der Waals surface area contributed by atoms with Gasteiger partial charge in [-0.25, -0.2) is 4.98 Å². The molecule has 2 N–H and O–H groups in total. The van der Waals surface area contributed by atoms with E-state index in [1.54, 1.807) is 12.5 Å². The monoisotopic (exact) mass is 259 g/mol. The average molecular weight is 259 g/mol. The molecule has 0 aliphatic heterocycles. The van der Waals surface area contributed by atoms with Gasteiger partial charge in [0, 0.05) is 30.7 Å². The summed E-state index contributed by atoms with van der Waals surface area (Å²) in [6.07, 6.45) is 5.99. The maximum atomic E-state index is 9.55. The van der Waals surface area contributed by atoms with E-state index in [1.165, 1.54) is 5.56 Å². The van der Waals surface area contributed by atoms with Crippen molar-refractivity contribution in [1.82, 2.24) is 14.9 Å². The van der Waals surface area contributed by atoms with Gasteiger partial charge in [0.1, 0.15) is 0 Å². The van der Waals surface area contributed by atoms with Crippen molar-refractivity contribution in [2.24, 2.45) is 0 Å². The summed E-state index contributed by atoms with van der Waals surface area (Å²) in [5.74, 6) is 0. The molecular formula is C15H21N3O. The minimum atomic E-state index is -0.271. The van der Waals surface area contributed by atoms with Crippen molar-refractivity contribution in [3.63, 3.8) is 0 Å². The second-order valence-electron chi connectivity index (χ2n) is 4.75. The fraction of sp³-hybridized carbons (Fsp3) is 0.400. The van der Waals surface area contributed by atoms with Gasteiger partial charge in [-0.05, 0) is 31.0 Å². The quantitative estimate of drug-likeness (QED) is 0.837. The molecule has 0 amide bonds. The second kappa shape index (κ2) is 6.50. The molecule has 19 heavy (non-hydrogen) atoms. The van der Waals surface area contributed by atoms with Crippen LogP contribution in [-0.2, 0) is 0 Å². The smallest absolute Gasteiger partial charge is 0.0991 e. The lowest BCUT2D eigenvalue weighted by atomic mass is 10.1. The fourth-order valence-corrected chi connectivity index (χ4v) is 1.92. The third-order valence-corrected chi connectivity index (χ3v) is 3.33. The molecule has 0 aliphatic rings. The molecular weight excluding hydrogens is 238 g/mol. The molecule has 2 rings (SSSR count). The number of aliphatic hydroxyl groups excluding tert-OH is 1. The van der Waals surface area contributed by atoms with Gasteiger partial charge in [0.25, 0.3) is 0 Å². The molecule has 2 aromatic rings. The largest absolute Gasteiger partial charge is 0.392 e. The molecule has 1 heterocycles. The van der Waals surface area contributed by atoms with Gasteiger partial charge >= 0.3 is 0 Å². The molecule has 4 heteroatoms. The minimum absolute atomic E-state index is 0.234. The standard InChI is InChI=1S/C15H21N3O/c1-3-15(19)10-17-12(2)13-4-6-14(7-5-13)18-9-8-16-11-18/h4-9,11-12,15,17,19H,3,10H2,1-2H3. The lowest BCUT2D eigenvalue weighted by Crippen LogP contribution is -2.28. The predicted octanol–water partition coefficient (Wildman–Crippen LogP) is 2.29. The second-order valence-corrected chi connectivity index (χ2v) is 4.75. The SMILES string of the molecule is CCC(O)CNC(C)c1ccc(-n2ccnc2)cc1. The summed E-state index contributed by atoms with van der Waals surface area (Å²) in [6, 6.07) is 8.59. The zero-order valence-corrected chi connectivity index (χ0v) is 11.5. The van der Waals surface area contributed by atoms with Crippen molar-refractivity contribution in [2.45, 2.75) is 32.4 Å². The number of aliphatic hydroxyl groups is 1. The van der Waals surface area contributed by atoms with Crippen LogP contribution < -0.4 is 5.32 Å². The summed E-state index contributed by atoms with van der Waals surface area (Å²) < 4.78 is 1.97. The van der Waals surface area contributed by atoms with E-state index in [0.717, 1.165) is 12.1 Å². The van der Waals surface area contributed by atoms with Crippen molar-refractivity contribution in [2.75, 3.05) is 6.54 Å². The Morgan fingerprint density at radius 3 is 2.63 bits per heavy atom. The zero-order chi connectivity index (χ0) is 13.7. The maximum Gasteiger partial charge on any atom is 0.0991 e. The Morgan fingerprint density at radius 2 is 2.05 bits per heavy atom. The molecule has 1 aromatic heterocycles. The first-order valence-corrected chi connectivity index (χ1v) is 6.70. The van der Waals surface area contributed by atoms with Gasteiger partial charge in [-0.15, -0.1) is 0 Å². The molecule has 4 nitrogen and oxygen atoms in total. The third kappa shape index (κ3) is 3.66. The minimum Gasteiger partial charge on any atom is -0.392 e. The number of nitrogens with zero attached hydrogens (tertiary/aromatic N) is 2. The lowest BCUT2D eigenvalue weighted by molar-refractivity contribution is 0.164. The molecule has 2 atom stereocenters. The summed E-state index contributed by atoms with van der Waals surface area (Å²) >= 11 is 0. The number of hydrogen-bond donors (Lipinski definition) is 2. The van der Waals surface area contributed by atoms with E-state index in [2.05, 4.69) is 41.5 Å². The number of benzene rings is 1. The van der Waals surface area contributed by atoms with E-state index in [4.69, 9.17) is 0 Å². The lowest BCUT2D eigenvalue weighted by Gasteiger charge is -2.17. The summed E-state index contributed by atoms with van der Waals surface area (Å²) in [5, 5.41) is 12.9. The van der Waals surface area contributed by atoms with Crippen LogP contribution in [0.4, 0.5) is 0 Å². The van der Waals surface area contributed by atoms with Crippen molar-refractivity contribution < 1.29 is 5.11 Å². The molecule has 0 saturated heterocycles. The van der Waals surface area contributed by atoms with E-state index in [9.17, 15) is 5.11 Å². The first-order chi connectivity index (χ1) is 9.20. The first kappa shape index (κ1) is 13.8. The highest BCUT2D eigenvalue weighted by atomic mass is 16.3. The first-order valence-electron chi connectivity index (χ1n) is 6.70. The fourth-order valence-electron chi connectivity index (χ4n) is 1.92. The van der Waals surface area contributed by atoms with E-state index in [-0.39, 0.29) is 12.1 Å². The van der Waals surface area contributed by atoms with Gasteiger partial charge in [0.15, 0.2) is 0 Å². The average Bonchev–Trinajstić information content (AvgIpc) is 2.98. The zero-order valence-electron chi connectivity index (χ0n) is 11.5. The molecule has 2 unspecified atom stereocenters. The van der Waals surface area contributed by atoms with E-state index in [0.29, 0.717) is 6.54 Å². The Labute approximate surface area is 114 Å². The van der Waals surface area contributed by atoms with Gasteiger partial charge in [0.05, 0.1) is 12.4 Å². The van der Waals surface area contributed by atoms with Gasteiger partial charge in [-0.3, -0.25) is 0 Å². The Morgan fingerprint density at radius 1 is 1.32 bits per heavy atom. The summed E-state index contributed by atoms with van der Waals surface area (Å²) in [7, 11) is 0. The Balaban J connectivity index is 1.98. The van der Waals surface area contributed by atoms with E-state index in [1.807, 2.05) is 17.7 Å². The molecule has 102 valence electrons. The Kier molecular flexibility index (Phi) is 4.71.